The highest BCUT2D eigenvalue weighted by atomic mass is 35.5. The quantitative estimate of drug-likeness (QED) is 0.378. The van der Waals surface area contributed by atoms with Gasteiger partial charge in [0.2, 0.25) is 11.8 Å². The van der Waals surface area contributed by atoms with Gasteiger partial charge in [-0.3, -0.25) is 9.59 Å². The molecule has 172 valence electrons. The maximum absolute atomic E-state index is 13.4. The van der Waals surface area contributed by atoms with Crippen LogP contribution in [0.3, 0.4) is 0 Å². The van der Waals surface area contributed by atoms with Crippen LogP contribution in [0, 0.1) is 0 Å². The van der Waals surface area contributed by atoms with Gasteiger partial charge in [-0.05, 0) is 38.3 Å². The van der Waals surface area contributed by atoms with Gasteiger partial charge in [0.25, 0.3) is 0 Å². The first-order valence-corrected chi connectivity index (χ1v) is 15.1. The lowest BCUT2D eigenvalue weighted by atomic mass is 9.67. The highest BCUT2D eigenvalue weighted by Crippen LogP contribution is 2.49. The predicted octanol–water partition coefficient (Wildman–Crippen LogP) is 4.65. The molecule has 0 bridgehead atoms. The fourth-order valence-corrected chi connectivity index (χ4v) is 5.05. The van der Waals surface area contributed by atoms with Crippen LogP contribution in [0.15, 0.2) is 36.4 Å². The Bertz CT molecular complexity index is 823. The Morgan fingerprint density at radius 2 is 2.00 bits per heavy atom. The van der Waals surface area contributed by atoms with E-state index in [0.29, 0.717) is 31.0 Å². The summed E-state index contributed by atoms with van der Waals surface area (Å²) in [6, 6.07) is 7.50. The molecule has 1 aromatic carbocycles. The molecule has 2 amide bonds. The van der Waals surface area contributed by atoms with E-state index in [2.05, 4.69) is 38.5 Å². The smallest absolute Gasteiger partial charge is 0.240 e. The Hall–Kier alpha value is -1.63. The third-order valence-electron chi connectivity index (χ3n) is 6.43. The van der Waals surface area contributed by atoms with Gasteiger partial charge in [0.1, 0.15) is 5.41 Å². The van der Waals surface area contributed by atoms with Gasteiger partial charge in [-0.25, -0.2) is 0 Å². The molecule has 3 atom stereocenters. The number of nitrogens with one attached hydrogen (secondary N) is 1. The normalized spacial score (nSPS) is 23.7. The van der Waals surface area contributed by atoms with Crippen molar-refractivity contribution in [1.82, 2.24) is 5.32 Å². The topological polar surface area (TPSA) is 58.6 Å². The molecule has 3 rings (SSSR count). The number of para-hydroxylation sites is 1. The average molecular weight is 465 g/mol. The number of ether oxygens (including phenoxy) is 1. The van der Waals surface area contributed by atoms with E-state index in [1.165, 1.54) is 0 Å². The zero-order valence-electron chi connectivity index (χ0n) is 19.8. The van der Waals surface area contributed by atoms with E-state index in [0.717, 1.165) is 23.2 Å². The molecule has 2 aliphatic heterocycles. The lowest BCUT2D eigenvalue weighted by Crippen LogP contribution is -2.59. The van der Waals surface area contributed by atoms with E-state index >= 15 is 0 Å². The zero-order chi connectivity index (χ0) is 23.4. The van der Waals surface area contributed by atoms with Gasteiger partial charge < -0.3 is 15.0 Å². The fourth-order valence-electron chi connectivity index (χ4n) is 4.22. The zero-order valence-corrected chi connectivity index (χ0v) is 21.5. The molecule has 0 radical (unpaired) electrons. The summed E-state index contributed by atoms with van der Waals surface area (Å²) < 4.78 is 5.18. The minimum atomic E-state index is -0.983. The second-order valence-corrected chi connectivity index (χ2v) is 15.5. The second-order valence-electron chi connectivity index (χ2n) is 9.58. The molecule has 0 saturated carbocycles. The van der Waals surface area contributed by atoms with Crippen molar-refractivity contribution in [2.24, 2.45) is 0 Å². The largest absolute Gasteiger partial charge is 0.385 e. The molecular weight excluding hydrogens is 428 g/mol. The maximum atomic E-state index is 13.4. The van der Waals surface area contributed by atoms with E-state index in [1.54, 1.807) is 7.11 Å². The predicted molar refractivity (Wildman–Crippen MR) is 132 cm³/mol. The van der Waals surface area contributed by atoms with Gasteiger partial charge in [0, 0.05) is 37.4 Å². The number of amides is 2. The van der Waals surface area contributed by atoms with Crippen molar-refractivity contribution < 1.29 is 14.3 Å². The van der Waals surface area contributed by atoms with Crippen molar-refractivity contribution in [2.75, 3.05) is 24.4 Å². The van der Waals surface area contributed by atoms with Gasteiger partial charge in [0.05, 0.1) is 14.1 Å². The maximum Gasteiger partial charge on any atom is 0.240 e. The summed E-state index contributed by atoms with van der Waals surface area (Å²) in [5.41, 5.74) is 2.49. The number of methoxy groups -OCH3 is 1. The van der Waals surface area contributed by atoms with E-state index in [9.17, 15) is 9.59 Å². The standard InChI is InChI=1S/C18H21ClN2O2.C6H16OSi/c1-12(2)16-18(9-8-15(22)20-16)13-6-3-4-7-14(13)21(17(18)23)11-5-10-19;1-6(7-2)8(3,4)5/h3-4,6-7,16H,1,5,8-11H2,2H3,(H,20,22);6H,1-5H3. The van der Waals surface area contributed by atoms with E-state index in [4.69, 9.17) is 16.3 Å². The molecule has 2 aliphatic rings. The van der Waals surface area contributed by atoms with Crippen LogP contribution in [-0.2, 0) is 19.7 Å². The van der Waals surface area contributed by atoms with Crippen molar-refractivity contribution in [1.29, 1.82) is 0 Å². The van der Waals surface area contributed by atoms with Crippen LogP contribution in [-0.4, -0.2) is 51.2 Å². The SMILES string of the molecule is C=C(C)C1NC(=O)CCC12C(=O)N(CCCCl)c1ccccc12.COC(C)[Si](C)(C)C. The van der Waals surface area contributed by atoms with Crippen molar-refractivity contribution in [3.05, 3.63) is 42.0 Å². The number of rotatable bonds is 6. The molecule has 31 heavy (non-hydrogen) atoms. The fraction of sp³-hybridized carbons (Fsp3) is 0.583. The summed E-state index contributed by atoms with van der Waals surface area (Å²) in [4.78, 5) is 27.1. The molecule has 1 spiro atoms. The molecule has 1 saturated heterocycles. The highest BCUT2D eigenvalue weighted by molar-refractivity contribution is 6.77. The van der Waals surface area contributed by atoms with Gasteiger partial charge in [-0.1, -0.05) is 50.0 Å². The minimum Gasteiger partial charge on any atom is -0.385 e. The van der Waals surface area contributed by atoms with Gasteiger partial charge >= 0.3 is 0 Å². The molecule has 7 heteroatoms. The van der Waals surface area contributed by atoms with Gasteiger partial charge in [-0.15, -0.1) is 11.6 Å². The highest BCUT2D eigenvalue weighted by Gasteiger charge is 2.57. The van der Waals surface area contributed by atoms with Crippen LogP contribution in [0.25, 0.3) is 0 Å². The number of halogens is 1. The van der Waals surface area contributed by atoms with E-state index in [1.807, 2.05) is 36.1 Å². The van der Waals surface area contributed by atoms with Crippen molar-refractivity contribution in [2.45, 2.75) is 69.9 Å². The Balaban J connectivity index is 0.000000366. The Kier molecular flexibility index (Phi) is 8.53. The number of piperidine rings is 1. The molecule has 0 aliphatic carbocycles. The first-order valence-electron chi connectivity index (χ1n) is 11.0. The van der Waals surface area contributed by atoms with Crippen LogP contribution in [0.1, 0.15) is 38.7 Å². The molecule has 2 heterocycles. The summed E-state index contributed by atoms with van der Waals surface area (Å²) >= 11 is 5.82. The van der Waals surface area contributed by atoms with Crippen LogP contribution >= 0.6 is 11.6 Å². The van der Waals surface area contributed by atoms with Crippen LogP contribution < -0.4 is 10.2 Å². The molecule has 0 aromatic heterocycles. The average Bonchev–Trinajstić information content (AvgIpc) is 2.95. The summed E-state index contributed by atoms with van der Waals surface area (Å²) in [5, 5.41) is 2.98. The number of fused-ring (bicyclic) bond motifs is 2. The second kappa shape index (κ2) is 10.3. The molecule has 1 fully saturated rings. The molecule has 3 unspecified atom stereocenters. The first-order chi connectivity index (χ1) is 14.5. The molecule has 1 aromatic rings. The number of nitrogens with zero attached hydrogens (tertiary/aromatic N) is 1. The summed E-state index contributed by atoms with van der Waals surface area (Å²) in [6.07, 6.45) is 1.61. The summed E-state index contributed by atoms with van der Waals surface area (Å²) in [6.45, 7) is 15.6. The first kappa shape index (κ1) is 25.6. The summed E-state index contributed by atoms with van der Waals surface area (Å²) in [7, 11) is 0.798. The molecule has 5 nitrogen and oxygen atoms in total. The Morgan fingerprint density at radius 3 is 2.52 bits per heavy atom. The number of carbonyl (C=O) groups is 2. The number of carbonyl (C=O) groups excluding carboxylic acids is 2. The Morgan fingerprint density at radius 1 is 1.35 bits per heavy atom. The summed E-state index contributed by atoms with van der Waals surface area (Å²) in [5.74, 6) is 0.546. The number of anilines is 1. The van der Waals surface area contributed by atoms with Crippen LogP contribution in [0.5, 0.6) is 0 Å². The lowest BCUT2D eigenvalue weighted by Gasteiger charge is -2.41. The van der Waals surface area contributed by atoms with Crippen molar-refractivity contribution in [3.63, 3.8) is 0 Å². The Labute approximate surface area is 193 Å². The number of hydrogen-bond donors (Lipinski definition) is 1. The number of alkyl halides is 1. The number of benzene rings is 1. The number of hydrogen-bond acceptors (Lipinski definition) is 3. The van der Waals surface area contributed by atoms with Crippen LogP contribution in [0.4, 0.5) is 5.69 Å². The lowest BCUT2D eigenvalue weighted by molar-refractivity contribution is -0.130. The van der Waals surface area contributed by atoms with Gasteiger partial charge in [-0.2, -0.15) is 0 Å². The third-order valence-corrected chi connectivity index (χ3v) is 9.37. The van der Waals surface area contributed by atoms with Gasteiger partial charge in [0.15, 0.2) is 0 Å². The molecular formula is C24H37ClN2O3Si. The third kappa shape index (κ3) is 5.24. The monoisotopic (exact) mass is 464 g/mol. The van der Waals surface area contributed by atoms with E-state index < -0.39 is 13.5 Å². The van der Waals surface area contributed by atoms with Crippen molar-refractivity contribution in [3.8, 4) is 0 Å². The van der Waals surface area contributed by atoms with Crippen LogP contribution in [0.2, 0.25) is 19.6 Å². The van der Waals surface area contributed by atoms with Crippen molar-refractivity contribution >= 4 is 37.2 Å². The van der Waals surface area contributed by atoms with E-state index in [-0.39, 0.29) is 17.9 Å². The molecule has 1 N–H and O–H groups in total. The minimum absolute atomic E-state index is 0.0203.